The van der Waals surface area contributed by atoms with Gasteiger partial charge in [0, 0.05) is 18.0 Å². The summed E-state index contributed by atoms with van der Waals surface area (Å²) in [5.74, 6) is -1.09. The zero-order valence-electron chi connectivity index (χ0n) is 20.9. The van der Waals surface area contributed by atoms with Crippen LogP contribution >= 0.6 is 0 Å². The van der Waals surface area contributed by atoms with Crippen molar-refractivity contribution in [2.75, 3.05) is 11.0 Å². The SMILES string of the molecule is CC1(C)[C@H]2CC[C@]1(c1cncc(-c3ccnc(NS(C)(=O)=O)c3)n1)c1nnc(-c3c(F)cccc3F)cc12. The number of hydrogen-bond acceptors (Lipinski definition) is 7. The summed E-state index contributed by atoms with van der Waals surface area (Å²) in [6.07, 6.45) is 7.54. The molecule has 0 amide bonds. The van der Waals surface area contributed by atoms with Crippen LogP contribution in [0.25, 0.3) is 22.5 Å². The molecule has 1 N–H and O–H groups in total. The van der Waals surface area contributed by atoms with Crippen LogP contribution in [-0.2, 0) is 15.4 Å². The van der Waals surface area contributed by atoms with E-state index in [1.54, 1.807) is 30.6 Å². The van der Waals surface area contributed by atoms with Crippen molar-refractivity contribution in [3.05, 3.63) is 83.6 Å². The monoisotopic (exact) mass is 534 g/mol. The fraction of sp³-hybridized carbons (Fsp3) is 0.296. The van der Waals surface area contributed by atoms with Crippen LogP contribution in [0, 0.1) is 17.0 Å². The molecule has 11 heteroatoms. The number of anilines is 1. The molecule has 0 radical (unpaired) electrons. The highest BCUT2D eigenvalue weighted by atomic mass is 32.2. The van der Waals surface area contributed by atoms with E-state index in [1.165, 1.54) is 24.4 Å². The first-order valence-electron chi connectivity index (χ1n) is 12.1. The Morgan fingerprint density at radius 2 is 1.79 bits per heavy atom. The molecule has 0 spiro atoms. The van der Waals surface area contributed by atoms with Crippen LogP contribution in [0.1, 0.15) is 49.6 Å². The van der Waals surface area contributed by atoms with Crippen molar-refractivity contribution < 1.29 is 17.2 Å². The average Bonchev–Trinajstić information content (AvgIpc) is 3.24. The molecule has 1 aromatic carbocycles. The lowest BCUT2D eigenvalue weighted by atomic mass is 9.66. The number of nitrogens with one attached hydrogen (secondary N) is 1. The Kier molecular flexibility index (Phi) is 5.36. The van der Waals surface area contributed by atoms with Crippen molar-refractivity contribution in [1.82, 2.24) is 25.1 Å². The van der Waals surface area contributed by atoms with E-state index in [2.05, 4.69) is 38.7 Å². The number of fused-ring (bicyclic) bond motifs is 5. The van der Waals surface area contributed by atoms with Crippen LogP contribution in [0.3, 0.4) is 0 Å². The average molecular weight is 535 g/mol. The Morgan fingerprint density at radius 1 is 1.03 bits per heavy atom. The Hall–Kier alpha value is -3.86. The smallest absolute Gasteiger partial charge is 0.230 e. The summed E-state index contributed by atoms with van der Waals surface area (Å²) in [5.41, 5.74) is 2.66. The van der Waals surface area contributed by atoms with Crippen LogP contribution in [0.15, 0.2) is 55.0 Å². The zero-order chi connectivity index (χ0) is 26.9. The molecule has 1 saturated carbocycles. The Morgan fingerprint density at radius 3 is 2.53 bits per heavy atom. The van der Waals surface area contributed by atoms with E-state index in [9.17, 15) is 17.2 Å². The molecule has 3 aromatic heterocycles. The van der Waals surface area contributed by atoms with Gasteiger partial charge in [-0.25, -0.2) is 27.2 Å². The quantitative estimate of drug-likeness (QED) is 0.390. The normalized spacial score (nSPS) is 21.3. The predicted octanol–water partition coefficient (Wildman–Crippen LogP) is 4.85. The fourth-order valence-corrected chi connectivity index (χ4v) is 6.79. The van der Waals surface area contributed by atoms with Gasteiger partial charge >= 0.3 is 0 Å². The van der Waals surface area contributed by atoms with Crippen LogP contribution in [0.4, 0.5) is 14.6 Å². The molecule has 194 valence electrons. The topological polar surface area (TPSA) is 111 Å². The minimum Gasteiger partial charge on any atom is -0.268 e. The molecule has 3 heterocycles. The highest BCUT2D eigenvalue weighted by Gasteiger charge is 2.65. The third-order valence-electron chi connectivity index (χ3n) is 8.02. The summed E-state index contributed by atoms with van der Waals surface area (Å²) in [4.78, 5) is 13.5. The minimum absolute atomic E-state index is 0.0959. The molecule has 2 bridgehead atoms. The summed E-state index contributed by atoms with van der Waals surface area (Å²) in [6.45, 7) is 4.31. The van der Waals surface area contributed by atoms with Gasteiger partial charge in [0.15, 0.2) is 0 Å². The number of nitrogens with zero attached hydrogens (tertiary/aromatic N) is 5. The van der Waals surface area contributed by atoms with Crippen molar-refractivity contribution in [1.29, 1.82) is 0 Å². The Balaban J connectivity index is 1.47. The van der Waals surface area contributed by atoms with Gasteiger partial charge in [0.05, 0.1) is 46.2 Å². The van der Waals surface area contributed by atoms with Crippen molar-refractivity contribution in [2.24, 2.45) is 5.41 Å². The fourth-order valence-electron chi connectivity index (χ4n) is 6.30. The van der Waals surface area contributed by atoms with Gasteiger partial charge in [-0.3, -0.25) is 9.71 Å². The second-order valence-electron chi connectivity index (χ2n) is 10.4. The van der Waals surface area contributed by atoms with Crippen LogP contribution in [-0.4, -0.2) is 39.8 Å². The van der Waals surface area contributed by atoms with Crippen LogP contribution < -0.4 is 4.72 Å². The molecule has 0 saturated heterocycles. The molecule has 2 atom stereocenters. The number of pyridine rings is 1. The third kappa shape index (κ3) is 3.59. The zero-order valence-corrected chi connectivity index (χ0v) is 21.7. The molecule has 2 aliphatic rings. The minimum atomic E-state index is -3.49. The maximum Gasteiger partial charge on any atom is 0.230 e. The van der Waals surface area contributed by atoms with E-state index in [1.807, 2.05) is 0 Å². The van der Waals surface area contributed by atoms with E-state index in [-0.39, 0.29) is 28.4 Å². The summed E-state index contributed by atoms with van der Waals surface area (Å²) >= 11 is 0. The maximum atomic E-state index is 14.5. The van der Waals surface area contributed by atoms with Gasteiger partial charge in [-0.1, -0.05) is 19.9 Å². The van der Waals surface area contributed by atoms with Gasteiger partial charge in [-0.05, 0) is 60.1 Å². The van der Waals surface area contributed by atoms with Gasteiger partial charge in [0.25, 0.3) is 0 Å². The van der Waals surface area contributed by atoms with Crippen molar-refractivity contribution in [2.45, 2.75) is 38.0 Å². The molecule has 38 heavy (non-hydrogen) atoms. The summed E-state index contributed by atoms with van der Waals surface area (Å²) in [6, 6.07) is 8.85. The Labute approximate surface area is 218 Å². The lowest BCUT2D eigenvalue weighted by Gasteiger charge is -2.37. The first-order valence-corrected chi connectivity index (χ1v) is 14.0. The second-order valence-corrected chi connectivity index (χ2v) is 12.2. The maximum absolute atomic E-state index is 14.5. The highest BCUT2D eigenvalue weighted by molar-refractivity contribution is 7.92. The molecule has 6 rings (SSSR count). The Bertz CT molecular complexity index is 1690. The van der Waals surface area contributed by atoms with Crippen molar-refractivity contribution in [3.63, 3.8) is 0 Å². The lowest BCUT2D eigenvalue weighted by Crippen LogP contribution is -2.38. The standard InChI is InChI=1S/C27H24F2N6O2S/c1-26(2)17-7-9-27(26,25-16(17)12-20(33-34-25)24-18(28)5-4-6-19(24)29)22-14-30-13-21(32-22)15-8-10-31-23(11-15)35-38(3,36)37/h4-6,8,10-14,17H,7,9H2,1-3H3,(H,31,35)/t17-,27-/m0/s1. The number of benzene rings is 1. The molecule has 0 aliphatic heterocycles. The van der Waals surface area contributed by atoms with E-state index < -0.39 is 27.1 Å². The lowest BCUT2D eigenvalue weighted by molar-refractivity contribution is 0.242. The summed E-state index contributed by atoms with van der Waals surface area (Å²) < 4.78 is 54.8. The molecule has 2 aliphatic carbocycles. The summed E-state index contributed by atoms with van der Waals surface area (Å²) in [5, 5.41) is 8.84. The van der Waals surface area contributed by atoms with Gasteiger partial charge in [-0.2, -0.15) is 5.10 Å². The number of aromatic nitrogens is 5. The number of rotatable bonds is 5. The molecule has 8 nitrogen and oxygen atoms in total. The van der Waals surface area contributed by atoms with Crippen LogP contribution in [0.2, 0.25) is 0 Å². The number of sulfonamides is 1. The molecular formula is C27H24F2N6O2S. The molecule has 0 unspecified atom stereocenters. The summed E-state index contributed by atoms with van der Waals surface area (Å²) in [7, 11) is -3.49. The number of hydrogen-bond donors (Lipinski definition) is 1. The van der Waals surface area contributed by atoms with Gasteiger partial charge in [0.2, 0.25) is 10.0 Å². The van der Waals surface area contributed by atoms with E-state index in [0.717, 1.165) is 36.0 Å². The van der Waals surface area contributed by atoms with Crippen molar-refractivity contribution >= 4 is 15.8 Å². The van der Waals surface area contributed by atoms with Crippen molar-refractivity contribution in [3.8, 4) is 22.5 Å². The largest absolute Gasteiger partial charge is 0.268 e. The molecule has 1 fully saturated rings. The highest BCUT2D eigenvalue weighted by Crippen LogP contribution is 2.69. The molecular weight excluding hydrogens is 510 g/mol. The van der Waals surface area contributed by atoms with E-state index in [4.69, 9.17) is 4.98 Å². The third-order valence-corrected chi connectivity index (χ3v) is 8.60. The van der Waals surface area contributed by atoms with Gasteiger partial charge in [0.1, 0.15) is 17.5 Å². The van der Waals surface area contributed by atoms with E-state index >= 15 is 0 Å². The second kappa shape index (κ2) is 8.32. The molecule has 4 aromatic rings. The van der Waals surface area contributed by atoms with Gasteiger partial charge in [-0.15, -0.1) is 5.10 Å². The first-order chi connectivity index (χ1) is 18.0. The predicted molar refractivity (Wildman–Crippen MR) is 138 cm³/mol. The number of halogens is 2. The van der Waals surface area contributed by atoms with Gasteiger partial charge < -0.3 is 0 Å². The first kappa shape index (κ1) is 24.5. The van der Waals surface area contributed by atoms with Crippen LogP contribution in [0.5, 0.6) is 0 Å². The van der Waals surface area contributed by atoms with E-state index in [0.29, 0.717) is 11.3 Å².